The summed E-state index contributed by atoms with van der Waals surface area (Å²) < 4.78 is 0. The Hall–Kier alpha value is -3.78. The van der Waals surface area contributed by atoms with Gasteiger partial charge in [-0.25, -0.2) is 0 Å². The second kappa shape index (κ2) is 9.43. The largest absolute Gasteiger partial charge is 0.256 e. The minimum Gasteiger partial charge on any atom is -0.256 e. The summed E-state index contributed by atoms with van der Waals surface area (Å²) in [6, 6.07) is 37.1. The molecule has 0 unspecified atom stereocenters. The molecule has 0 saturated carbocycles. The van der Waals surface area contributed by atoms with Gasteiger partial charge in [0.2, 0.25) is 0 Å². The van der Waals surface area contributed by atoms with Crippen molar-refractivity contribution in [3.8, 4) is 0 Å². The highest BCUT2D eigenvalue weighted by molar-refractivity contribution is 5.82. The molecule has 0 aliphatic carbocycles. The maximum absolute atomic E-state index is 4.54. The Kier molecular flexibility index (Phi) is 6.04. The lowest BCUT2D eigenvalue weighted by Crippen LogP contribution is -1.87. The summed E-state index contributed by atoms with van der Waals surface area (Å²) in [5, 5.41) is 0. The molecule has 0 amide bonds. The number of hydrogen-bond acceptors (Lipinski definition) is 2. The lowest BCUT2D eigenvalue weighted by atomic mass is 10.0. The second-order valence-electron chi connectivity index (χ2n) is 6.85. The zero-order valence-electron chi connectivity index (χ0n) is 16.1. The Labute approximate surface area is 171 Å². The van der Waals surface area contributed by atoms with Gasteiger partial charge in [0, 0.05) is 12.4 Å². The van der Waals surface area contributed by atoms with E-state index >= 15 is 0 Å². The Balaban J connectivity index is 1.36. The van der Waals surface area contributed by atoms with Gasteiger partial charge < -0.3 is 0 Å². The molecule has 0 bridgehead atoms. The summed E-state index contributed by atoms with van der Waals surface area (Å²) in [6.45, 7) is 0. The first kappa shape index (κ1) is 18.6. The first-order chi connectivity index (χ1) is 14.3. The van der Waals surface area contributed by atoms with Gasteiger partial charge in [-0.2, -0.15) is 0 Å². The summed E-state index contributed by atoms with van der Waals surface area (Å²) in [5.41, 5.74) is 6.66. The summed E-state index contributed by atoms with van der Waals surface area (Å²) in [6.07, 6.45) is 4.68. The smallest absolute Gasteiger partial charge is 0.0630 e. The highest BCUT2D eigenvalue weighted by Crippen LogP contribution is 2.18. The molecule has 0 heterocycles. The maximum Gasteiger partial charge on any atom is 0.0630 e. The van der Waals surface area contributed by atoms with E-state index in [1.54, 1.807) is 0 Å². The van der Waals surface area contributed by atoms with Gasteiger partial charge in [-0.05, 0) is 52.9 Å². The van der Waals surface area contributed by atoms with Gasteiger partial charge in [0.15, 0.2) is 0 Å². The van der Waals surface area contributed by atoms with Crippen molar-refractivity contribution < 1.29 is 0 Å². The predicted molar refractivity (Wildman–Crippen MR) is 123 cm³/mol. The van der Waals surface area contributed by atoms with Crippen LogP contribution in [0.15, 0.2) is 119 Å². The molecule has 2 nitrogen and oxygen atoms in total. The van der Waals surface area contributed by atoms with E-state index in [0.29, 0.717) is 0 Å². The zero-order chi connectivity index (χ0) is 19.7. The van der Waals surface area contributed by atoms with Crippen LogP contribution >= 0.6 is 0 Å². The van der Waals surface area contributed by atoms with Crippen molar-refractivity contribution in [1.29, 1.82) is 0 Å². The van der Waals surface area contributed by atoms with E-state index in [2.05, 4.69) is 58.5 Å². The molecule has 0 atom stereocenters. The Bertz CT molecular complexity index is 988. The fourth-order valence-electron chi connectivity index (χ4n) is 3.01. The third kappa shape index (κ3) is 5.60. The van der Waals surface area contributed by atoms with Crippen molar-refractivity contribution in [2.45, 2.75) is 6.42 Å². The van der Waals surface area contributed by atoms with Crippen molar-refractivity contribution in [2.75, 3.05) is 0 Å². The molecule has 0 saturated heterocycles. The first-order valence-electron chi connectivity index (χ1n) is 9.71. The summed E-state index contributed by atoms with van der Waals surface area (Å²) in [5.74, 6) is 0. The van der Waals surface area contributed by atoms with Gasteiger partial charge in [-0.1, -0.05) is 84.9 Å². The van der Waals surface area contributed by atoms with E-state index in [-0.39, 0.29) is 0 Å². The van der Waals surface area contributed by atoms with E-state index in [0.717, 1.165) is 28.9 Å². The monoisotopic (exact) mass is 374 g/mol. The molecule has 4 aromatic rings. The summed E-state index contributed by atoms with van der Waals surface area (Å²) >= 11 is 0. The lowest BCUT2D eigenvalue weighted by Gasteiger charge is -2.03. The molecule has 29 heavy (non-hydrogen) atoms. The third-order valence-corrected chi connectivity index (χ3v) is 4.61. The SMILES string of the molecule is C(=Nc1ccc(Cc2ccc(N=Cc3ccccc3)cc2)cc1)c1ccccc1. The molecular weight excluding hydrogens is 352 g/mol. The normalized spacial score (nSPS) is 11.3. The topological polar surface area (TPSA) is 24.7 Å². The van der Waals surface area contributed by atoms with Gasteiger partial charge in [0.05, 0.1) is 11.4 Å². The van der Waals surface area contributed by atoms with Crippen LogP contribution in [0.4, 0.5) is 11.4 Å². The van der Waals surface area contributed by atoms with Gasteiger partial charge in [-0.15, -0.1) is 0 Å². The highest BCUT2D eigenvalue weighted by atomic mass is 14.7. The van der Waals surface area contributed by atoms with E-state index in [4.69, 9.17) is 0 Å². The van der Waals surface area contributed by atoms with E-state index in [1.165, 1.54) is 11.1 Å². The van der Waals surface area contributed by atoms with Crippen LogP contribution in [0.2, 0.25) is 0 Å². The lowest BCUT2D eigenvalue weighted by molar-refractivity contribution is 1.19. The Morgan fingerprint density at radius 1 is 0.448 bits per heavy atom. The average Bonchev–Trinajstić information content (AvgIpc) is 2.80. The van der Waals surface area contributed by atoms with Crippen molar-refractivity contribution in [3.63, 3.8) is 0 Å². The molecule has 0 spiro atoms. The zero-order valence-corrected chi connectivity index (χ0v) is 16.1. The molecule has 140 valence electrons. The molecule has 0 aliphatic heterocycles. The number of hydrogen-bond donors (Lipinski definition) is 0. The van der Waals surface area contributed by atoms with E-state index < -0.39 is 0 Å². The third-order valence-electron chi connectivity index (χ3n) is 4.61. The minimum atomic E-state index is 0.894. The van der Waals surface area contributed by atoms with Gasteiger partial charge in [0.25, 0.3) is 0 Å². The highest BCUT2D eigenvalue weighted by Gasteiger charge is 1.98. The molecule has 0 radical (unpaired) electrons. The van der Waals surface area contributed by atoms with Crippen LogP contribution in [-0.2, 0) is 6.42 Å². The van der Waals surface area contributed by atoms with Crippen LogP contribution in [-0.4, -0.2) is 12.4 Å². The minimum absolute atomic E-state index is 0.894. The fraction of sp³-hybridized carbons (Fsp3) is 0.0370. The molecule has 0 N–H and O–H groups in total. The van der Waals surface area contributed by atoms with E-state index in [9.17, 15) is 0 Å². The molecule has 4 aromatic carbocycles. The van der Waals surface area contributed by atoms with Crippen LogP contribution in [0.5, 0.6) is 0 Å². The van der Waals surface area contributed by atoms with Crippen molar-refractivity contribution in [2.24, 2.45) is 9.98 Å². The van der Waals surface area contributed by atoms with Crippen molar-refractivity contribution >= 4 is 23.8 Å². The van der Waals surface area contributed by atoms with Gasteiger partial charge in [-0.3, -0.25) is 9.98 Å². The van der Waals surface area contributed by atoms with Crippen molar-refractivity contribution in [1.82, 2.24) is 0 Å². The van der Waals surface area contributed by atoms with Crippen LogP contribution in [0.25, 0.3) is 0 Å². The first-order valence-corrected chi connectivity index (χ1v) is 9.71. The van der Waals surface area contributed by atoms with E-state index in [1.807, 2.05) is 73.1 Å². The number of aliphatic imine (C=N–C) groups is 2. The number of benzene rings is 4. The summed E-state index contributed by atoms with van der Waals surface area (Å²) in [4.78, 5) is 9.08. The summed E-state index contributed by atoms with van der Waals surface area (Å²) in [7, 11) is 0. The molecule has 2 heteroatoms. The average molecular weight is 374 g/mol. The van der Waals surface area contributed by atoms with Gasteiger partial charge >= 0.3 is 0 Å². The second-order valence-corrected chi connectivity index (χ2v) is 6.85. The molecule has 0 aromatic heterocycles. The molecule has 0 fully saturated rings. The number of nitrogens with zero attached hydrogens (tertiary/aromatic N) is 2. The predicted octanol–water partition coefficient (Wildman–Crippen LogP) is 6.78. The molecule has 4 rings (SSSR count). The van der Waals surface area contributed by atoms with Crippen LogP contribution < -0.4 is 0 Å². The fourth-order valence-corrected chi connectivity index (χ4v) is 3.01. The Morgan fingerprint density at radius 3 is 1.21 bits per heavy atom. The molecular formula is C27H22N2. The Morgan fingerprint density at radius 2 is 0.828 bits per heavy atom. The standard InChI is InChI=1S/C27H22N2/c1-3-7-24(8-4-1)20-28-26-15-11-22(12-16-26)19-23-13-17-27(18-14-23)29-21-25-9-5-2-6-10-25/h1-18,20-21H,19H2. The van der Waals surface area contributed by atoms with Crippen LogP contribution in [0.3, 0.4) is 0 Å². The number of rotatable bonds is 6. The maximum atomic E-state index is 4.54. The van der Waals surface area contributed by atoms with Crippen molar-refractivity contribution in [3.05, 3.63) is 131 Å². The quantitative estimate of drug-likeness (QED) is 0.332. The van der Waals surface area contributed by atoms with Gasteiger partial charge in [0.1, 0.15) is 0 Å². The van der Waals surface area contributed by atoms with Crippen LogP contribution in [0, 0.1) is 0 Å². The molecule has 0 aliphatic rings. The van der Waals surface area contributed by atoms with Crippen LogP contribution in [0.1, 0.15) is 22.3 Å².